The molecule has 202 valence electrons. The fraction of sp³-hybridized carbons (Fsp3) is 0.241. The summed E-state index contributed by atoms with van der Waals surface area (Å²) >= 11 is 0. The Labute approximate surface area is 222 Å². The second kappa shape index (κ2) is 10.7. The van der Waals surface area contributed by atoms with Gasteiger partial charge in [0.1, 0.15) is 6.04 Å². The maximum Gasteiger partial charge on any atom is 0.416 e. The van der Waals surface area contributed by atoms with Gasteiger partial charge in [0.15, 0.2) is 0 Å². The van der Waals surface area contributed by atoms with Crippen LogP contribution in [-0.2, 0) is 22.8 Å². The molecule has 1 aromatic heterocycles. The maximum atomic E-state index is 12.8. The molecule has 0 radical (unpaired) electrons. The molecule has 1 heterocycles. The second-order valence-electron chi connectivity index (χ2n) is 10.1. The number of carboxylic acids is 1. The number of nitrogens with zero attached hydrogens (tertiary/aromatic N) is 2. The topological polar surface area (TPSA) is 105 Å². The van der Waals surface area contributed by atoms with E-state index in [0.717, 1.165) is 17.7 Å². The number of aromatic nitrogens is 2. The van der Waals surface area contributed by atoms with Crippen molar-refractivity contribution in [3.63, 3.8) is 0 Å². The monoisotopic (exact) mass is 537 g/mol. The van der Waals surface area contributed by atoms with Crippen molar-refractivity contribution in [1.29, 1.82) is 0 Å². The number of alkyl halides is 3. The number of aliphatic carboxylic acids is 1. The number of nitrogens with one attached hydrogen (secondary N) is 1. The molecule has 3 aromatic carbocycles. The molecule has 0 aliphatic heterocycles. The van der Waals surface area contributed by atoms with Crippen LogP contribution in [0, 0.1) is 0 Å². The normalized spacial score (nSPS) is 12.7. The number of carbonyl (C=O) groups is 2. The van der Waals surface area contributed by atoms with Gasteiger partial charge in [0.2, 0.25) is 5.82 Å². The van der Waals surface area contributed by atoms with Crippen molar-refractivity contribution in [2.45, 2.75) is 44.8 Å². The van der Waals surface area contributed by atoms with Crippen molar-refractivity contribution in [2.75, 3.05) is 0 Å². The summed E-state index contributed by atoms with van der Waals surface area (Å²) in [7, 11) is 0. The number of hydrogen-bond acceptors (Lipinski definition) is 5. The first-order valence-corrected chi connectivity index (χ1v) is 12.1. The molecule has 0 saturated carbocycles. The van der Waals surface area contributed by atoms with E-state index in [1.807, 2.05) is 12.1 Å². The van der Waals surface area contributed by atoms with E-state index in [-0.39, 0.29) is 23.6 Å². The smallest absolute Gasteiger partial charge is 0.416 e. The van der Waals surface area contributed by atoms with Crippen LogP contribution < -0.4 is 5.32 Å². The van der Waals surface area contributed by atoms with Crippen LogP contribution >= 0.6 is 0 Å². The summed E-state index contributed by atoms with van der Waals surface area (Å²) in [5.74, 6) is -1.37. The van der Waals surface area contributed by atoms with Crippen molar-refractivity contribution in [3.8, 4) is 22.8 Å². The van der Waals surface area contributed by atoms with Crippen molar-refractivity contribution in [2.24, 2.45) is 0 Å². The van der Waals surface area contributed by atoms with Gasteiger partial charge >= 0.3 is 12.1 Å². The van der Waals surface area contributed by atoms with E-state index in [1.54, 1.807) is 36.4 Å². The summed E-state index contributed by atoms with van der Waals surface area (Å²) in [6.07, 6.45) is -4.40. The van der Waals surface area contributed by atoms with Crippen LogP contribution in [0.2, 0.25) is 0 Å². The first kappa shape index (κ1) is 27.6. The highest BCUT2D eigenvalue weighted by molar-refractivity contribution is 5.96. The summed E-state index contributed by atoms with van der Waals surface area (Å²) in [5.41, 5.74) is 2.13. The standard InChI is InChI=1S/C29H26F3N3O4/c1-28(2,3)21-12-8-19(9-13-21)25(36)33-23(27(37)38)16-17-4-6-18(7-5-17)24-34-26(39-35-24)20-10-14-22(15-11-20)29(30,31)32/h4-15,23H,16H2,1-3H3,(H,33,36)(H,37,38)/t23-/m0/s1. The fourth-order valence-corrected chi connectivity index (χ4v) is 3.85. The number of benzene rings is 3. The van der Waals surface area contributed by atoms with E-state index in [4.69, 9.17) is 4.52 Å². The Bertz CT molecular complexity index is 1450. The van der Waals surface area contributed by atoms with Gasteiger partial charge in [-0.3, -0.25) is 4.79 Å². The van der Waals surface area contributed by atoms with Gasteiger partial charge in [-0.05, 0) is 52.9 Å². The van der Waals surface area contributed by atoms with Crippen LogP contribution in [0.15, 0.2) is 77.3 Å². The number of halogens is 3. The summed E-state index contributed by atoms with van der Waals surface area (Å²) in [6, 6.07) is 17.0. The summed E-state index contributed by atoms with van der Waals surface area (Å²) in [4.78, 5) is 28.8. The molecular weight excluding hydrogens is 511 g/mol. The molecule has 0 bridgehead atoms. The predicted octanol–water partition coefficient (Wildman–Crippen LogP) is 6.15. The Morgan fingerprint density at radius 1 is 0.872 bits per heavy atom. The summed E-state index contributed by atoms with van der Waals surface area (Å²) in [6.45, 7) is 6.18. The molecule has 4 rings (SSSR count). The van der Waals surface area contributed by atoms with Gasteiger partial charge in [-0.2, -0.15) is 18.2 Å². The van der Waals surface area contributed by atoms with Crippen molar-refractivity contribution < 1.29 is 32.4 Å². The SMILES string of the molecule is CC(C)(C)c1ccc(C(=O)N[C@@H](Cc2ccc(-c3noc(-c4ccc(C(F)(F)F)cc4)n3)cc2)C(=O)O)cc1. The third-order valence-corrected chi connectivity index (χ3v) is 6.15. The lowest BCUT2D eigenvalue weighted by Gasteiger charge is -2.19. The van der Waals surface area contributed by atoms with E-state index in [0.29, 0.717) is 22.3 Å². The van der Waals surface area contributed by atoms with Gasteiger partial charge in [0.05, 0.1) is 5.56 Å². The van der Waals surface area contributed by atoms with Crippen LogP contribution in [-0.4, -0.2) is 33.2 Å². The Hall–Kier alpha value is -4.47. The van der Waals surface area contributed by atoms with Crippen molar-refractivity contribution >= 4 is 11.9 Å². The zero-order chi connectivity index (χ0) is 28.4. The summed E-state index contributed by atoms with van der Waals surface area (Å²) in [5, 5.41) is 16.1. The van der Waals surface area contributed by atoms with E-state index in [9.17, 15) is 27.9 Å². The summed E-state index contributed by atoms with van der Waals surface area (Å²) < 4.78 is 43.6. The van der Waals surface area contributed by atoms with Crippen molar-refractivity contribution in [3.05, 3.63) is 95.1 Å². The Kier molecular flexibility index (Phi) is 7.58. The van der Waals surface area contributed by atoms with E-state index >= 15 is 0 Å². The Morgan fingerprint density at radius 3 is 1.97 bits per heavy atom. The van der Waals surface area contributed by atoms with E-state index < -0.39 is 29.7 Å². The van der Waals surface area contributed by atoms with Crippen molar-refractivity contribution in [1.82, 2.24) is 15.5 Å². The third kappa shape index (κ3) is 6.70. The molecule has 0 fully saturated rings. The van der Waals surface area contributed by atoms with Crippen LogP contribution in [0.1, 0.15) is 47.8 Å². The van der Waals surface area contributed by atoms with Crippen LogP contribution in [0.5, 0.6) is 0 Å². The minimum atomic E-state index is -4.44. The predicted molar refractivity (Wildman–Crippen MR) is 138 cm³/mol. The van der Waals surface area contributed by atoms with Crippen LogP contribution in [0.3, 0.4) is 0 Å². The molecule has 0 aliphatic rings. The zero-order valence-corrected chi connectivity index (χ0v) is 21.4. The molecule has 39 heavy (non-hydrogen) atoms. The molecule has 0 unspecified atom stereocenters. The molecule has 4 aromatic rings. The number of carbonyl (C=O) groups excluding carboxylic acids is 1. The lowest BCUT2D eigenvalue weighted by molar-refractivity contribution is -0.139. The third-order valence-electron chi connectivity index (χ3n) is 6.15. The Morgan fingerprint density at radius 2 is 1.44 bits per heavy atom. The van der Waals surface area contributed by atoms with Gasteiger partial charge in [0.25, 0.3) is 11.8 Å². The minimum absolute atomic E-state index is 0.0461. The van der Waals surface area contributed by atoms with Gasteiger partial charge in [-0.25, -0.2) is 4.79 Å². The lowest BCUT2D eigenvalue weighted by Crippen LogP contribution is -2.42. The highest BCUT2D eigenvalue weighted by Gasteiger charge is 2.30. The molecule has 7 nitrogen and oxygen atoms in total. The minimum Gasteiger partial charge on any atom is -0.480 e. The number of rotatable bonds is 7. The highest BCUT2D eigenvalue weighted by Crippen LogP contribution is 2.31. The molecule has 0 saturated heterocycles. The zero-order valence-electron chi connectivity index (χ0n) is 21.4. The van der Waals surface area contributed by atoms with Crippen LogP contribution in [0.25, 0.3) is 22.8 Å². The first-order chi connectivity index (χ1) is 18.3. The van der Waals surface area contributed by atoms with Gasteiger partial charge in [-0.1, -0.05) is 62.3 Å². The number of hydrogen-bond donors (Lipinski definition) is 2. The van der Waals surface area contributed by atoms with Gasteiger partial charge in [0, 0.05) is 23.1 Å². The average Bonchev–Trinajstić information content (AvgIpc) is 3.38. The average molecular weight is 538 g/mol. The Balaban J connectivity index is 1.42. The van der Waals surface area contributed by atoms with Gasteiger partial charge < -0.3 is 14.9 Å². The first-order valence-electron chi connectivity index (χ1n) is 12.1. The molecule has 2 N–H and O–H groups in total. The fourth-order valence-electron chi connectivity index (χ4n) is 3.85. The molecular formula is C29H26F3N3O4. The van der Waals surface area contributed by atoms with Crippen LogP contribution in [0.4, 0.5) is 13.2 Å². The number of carboxylic acid groups (broad SMARTS) is 1. The van der Waals surface area contributed by atoms with Gasteiger partial charge in [-0.15, -0.1) is 0 Å². The lowest BCUT2D eigenvalue weighted by atomic mass is 9.86. The number of amides is 1. The largest absolute Gasteiger partial charge is 0.480 e. The molecule has 0 aliphatic carbocycles. The highest BCUT2D eigenvalue weighted by atomic mass is 19.4. The molecule has 10 heteroatoms. The van der Waals surface area contributed by atoms with E-state index in [2.05, 4.69) is 36.2 Å². The maximum absolute atomic E-state index is 12.8. The quantitative estimate of drug-likeness (QED) is 0.293. The van der Waals surface area contributed by atoms with E-state index in [1.165, 1.54) is 12.1 Å². The molecule has 0 spiro atoms. The molecule has 1 amide bonds. The second-order valence-corrected chi connectivity index (χ2v) is 10.1. The molecule has 1 atom stereocenters.